The van der Waals surface area contributed by atoms with E-state index in [-0.39, 0.29) is 5.95 Å². The minimum absolute atomic E-state index is 0.0442. The summed E-state index contributed by atoms with van der Waals surface area (Å²) in [5.74, 6) is -0.0442. The van der Waals surface area contributed by atoms with E-state index in [1.807, 2.05) is 36.4 Å². The molecule has 0 fully saturated rings. The molecule has 0 amide bonds. The summed E-state index contributed by atoms with van der Waals surface area (Å²) in [5, 5.41) is 0. The first-order chi connectivity index (χ1) is 13.3. The summed E-state index contributed by atoms with van der Waals surface area (Å²) in [4.78, 5) is 4.24. The van der Waals surface area contributed by atoms with Gasteiger partial charge < -0.3 is 5.73 Å². The topological polar surface area (TPSA) is 81.2 Å². The van der Waals surface area contributed by atoms with Crippen LogP contribution in [0.1, 0.15) is 37.8 Å². The molecule has 148 valence electrons. The number of anilines is 1. The summed E-state index contributed by atoms with van der Waals surface area (Å²) in [7, 11) is -0.826. The highest BCUT2D eigenvalue weighted by molar-refractivity contribution is 7.87. The van der Waals surface area contributed by atoms with Crippen molar-refractivity contribution in [2.75, 3.05) is 19.8 Å². The maximum Gasteiger partial charge on any atom is 0.310 e. The molecule has 0 aliphatic heterocycles. The number of nitrogen functional groups attached to an aromatic ring is 1. The van der Waals surface area contributed by atoms with Gasteiger partial charge in [0.05, 0.1) is 11.0 Å². The summed E-state index contributed by atoms with van der Waals surface area (Å²) in [5.41, 5.74) is 11.5. The van der Waals surface area contributed by atoms with Crippen LogP contribution in [0.25, 0.3) is 16.6 Å². The van der Waals surface area contributed by atoms with Crippen LogP contribution in [0.15, 0.2) is 54.1 Å². The number of hydrogen-bond acceptors (Lipinski definition) is 4. The molecule has 28 heavy (non-hydrogen) atoms. The van der Waals surface area contributed by atoms with Crippen LogP contribution < -0.4 is 5.73 Å². The first-order valence-corrected chi connectivity index (χ1v) is 10.7. The fourth-order valence-corrected chi connectivity index (χ4v) is 4.42. The van der Waals surface area contributed by atoms with Crippen molar-refractivity contribution in [2.24, 2.45) is 0 Å². The van der Waals surface area contributed by atoms with Gasteiger partial charge >= 0.3 is 10.2 Å². The number of nitrogens with two attached hydrogens (primary N) is 1. The van der Waals surface area contributed by atoms with Gasteiger partial charge in [0.25, 0.3) is 0 Å². The Morgan fingerprint density at radius 2 is 1.68 bits per heavy atom. The maximum absolute atomic E-state index is 12.8. The molecule has 0 atom stereocenters. The fraction of sp³-hybridized carbons (Fsp3) is 0.286. The predicted molar refractivity (Wildman–Crippen MR) is 115 cm³/mol. The molecule has 2 N–H and O–H groups in total. The molecule has 7 heteroatoms. The van der Waals surface area contributed by atoms with Crippen molar-refractivity contribution in [3.8, 4) is 0 Å². The van der Waals surface area contributed by atoms with Crippen LogP contribution in [-0.2, 0) is 10.2 Å². The maximum atomic E-state index is 12.8. The number of aromatic nitrogens is 2. The first kappa shape index (κ1) is 20.1. The molecule has 3 rings (SSSR count). The molecule has 0 spiro atoms. The fourth-order valence-electron chi connectivity index (χ4n) is 3.42. The van der Waals surface area contributed by atoms with E-state index in [0.29, 0.717) is 11.0 Å². The minimum Gasteiger partial charge on any atom is -0.368 e. The molecular weight excluding hydrogens is 372 g/mol. The third-order valence-corrected chi connectivity index (χ3v) is 6.66. The molecule has 0 saturated heterocycles. The molecule has 1 aromatic heterocycles. The van der Waals surface area contributed by atoms with Crippen LogP contribution in [0.5, 0.6) is 0 Å². The summed E-state index contributed by atoms with van der Waals surface area (Å²) < 4.78 is 27.8. The van der Waals surface area contributed by atoms with Crippen molar-refractivity contribution in [3.05, 3.63) is 65.2 Å². The lowest BCUT2D eigenvalue weighted by Gasteiger charge is -2.16. The molecule has 0 aliphatic rings. The van der Waals surface area contributed by atoms with Gasteiger partial charge in [0.1, 0.15) is 0 Å². The smallest absolute Gasteiger partial charge is 0.310 e. The Balaban J connectivity index is 2.33. The van der Waals surface area contributed by atoms with E-state index in [0.717, 1.165) is 37.8 Å². The highest BCUT2D eigenvalue weighted by atomic mass is 32.2. The Morgan fingerprint density at radius 1 is 1.04 bits per heavy atom. The van der Waals surface area contributed by atoms with Crippen molar-refractivity contribution >= 4 is 32.8 Å². The Labute approximate surface area is 166 Å². The zero-order valence-corrected chi connectivity index (χ0v) is 17.5. The van der Waals surface area contributed by atoms with E-state index in [4.69, 9.17) is 5.73 Å². The number of fused-ring (bicyclic) bond motifs is 1. The lowest BCUT2D eigenvalue weighted by molar-refractivity contribution is 0.513. The zero-order chi connectivity index (χ0) is 20.5. The van der Waals surface area contributed by atoms with Gasteiger partial charge in [-0.05, 0) is 41.7 Å². The minimum atomic E-state index is -3.78. The average Bonchev–Trinajstić information content (AvgIpc) is 3.02. The molecule has 0 aliphatic carbocycles. The lowest BCUT2D eigenvalue weighted by Crippen LogP contribution is -2.29. The van der Waals surface area contributed by atoms with Gasteiger partial charge in [0, 0.05) is 14.1 Å². The van der Waals surface area contributed by atoms with Gasteiger partial charge in [-0.3, -0.25) is 0 Å². The van der Waals surface area contributed by atoms with Crippen molar-refractivity contribution in [1.82, 2.24) is 13.3 Å². The standard InChI is InChI=1S/C21H26N4O2S/c1-5-15(6-2)20(16-10-8-7-9-11-16)17-12-13-18-19(14-17)25(21(22)23-18)28(26,27)24(3)4/h7-14H,5-6H2,1-4H3,(H2,22,23). The summed E-state index contributed by atoms with van der Waals surface area (Å²) in [6, 6.07) is 15.8. The van der Waals surface area contributed by atoms with Crippen LogP contribution in [-0.4, -0.2) is 35.8 Å². The number of imidazole rings is 1. The van der Waals surface area contributed by atoms with Crippen molar-refractivity contribution in [3.63, 3.8) is 0 Å². The van der Waals surface area contributed by atoms with Gasteiger partial charge in [-0.15, -0.1) is 0 Å². The second-order valence-corrected chi connectivity index (χ2v) is 8.77. The van der Waals surface area contributed by atoms with Crippen molar-refractivity contribution in [2.45, 2.75) is 26.7 Å². The summed E-state index contributed by atoms with van der Waals surface area (Å²) in [6.07, 6.45) is 1.83. The number of nitrogens with zero attached hydrogens (tertiary/aromatic N) is 3. The molecule has 0 saturated carbocycles. The molecule has 6 nitrogen and oxygen atoms in total. The molecule has 0 bridgehead atoms. The van der Waals surface area contributed by atoms with Crippen LogP contribution in [0.3, 0.4) is 0 Å². The van der Waals surface area contributed by atoms with Gasteiger partial charge in [-0.2, -0.15) is 16.7 Å². The van der Waals surface area contributed by atoms with E-state index in [1.165, 1.54) is 19.7 Å². The lowest BCUT2D eigenvalue weighted by atomic mass is 9.90. The SMILES string of the molecule is CCC(CC)=C(c1ccccc1)c1ccc2nc(N)n(S(=O)(=O)N(C)C)c2c1. The van der Waals surface area contributed by atoms with Gasteiger partial charge in [-0.1, -0.05) is 55.8 Å². The highest BCUT2D eigenvalue weighted by Crippen LogP contribution is 2.33. The quantitative estimate of drug-likeness (QED) is 0.683. The van der Waals surface area contributed by atoms with Crippen LogP contribution in [0.2, 0.25) is 0 Å². The van der Waals surface area contributed by atoms with E-state index in [2.05, 4.69) is 31.0 Å². The predicted octanol–water partition coefficient (Wildman–Crippen LogP) is 3.89. The van der Waals surface area contributed by atoms with Crippen LogP contribution in [0, 0.1) is 0 Å². The van der Waals surface area contributed by atoms with E-state index in [9.17, 15) is 8.42 Å². The van der Waals surface area contributed by atoms with Crippen LogP contribution >= 0.6 is 0 Å². The van der Waals surface area contributed by atoms with Gasteiger partial charge in [-0.25, -0.2) is 4.98 Å². The molecular formula is C21H26N4O2S. The first-order valence-electron chi connectivity index (χ1n) is 9.30. The monoisotopic (exact) mass is 398 g/mol. The number of benzene rings is 2. The number of rotatable bonds is 6. The third kappa shape index (κ3) is 3.43. The van der Waals surface area contributed by atoms with E-state index >= 15 is 0 Å². The normalized spacial score (nSPS) is 11.9. The zero-order valence-electron chi connectivity index (χ0n) is 16.7. The van der Waals surface area contributed by atoms with E-state index < -0.39 is 10.2 Å². The molecule has 0 radical (unpaired) electrons. The second kappa shape index (κ2) is 7.77. The Hall–Kier alpha value is -2.64. The van der Waals surface area contributed by atoms with E-state index in [1.54, 1.807) is 0 Å². The third-order valence-electron chi connectivity index (χ3n) is 4.89. The Bertz CT molecular complexity index is 1120. The molecule has 0 unspecified atom stereocenters. The van der Waals surface area contributed by atoms with Crippen molar-refractivity contribution < 1.29 is 8.42 Å². The number of hydrogen-bond donors (Lipinski definition) is 1. The molecule has 1 heterocycles. The van der Waals surface area contributed by atoms with Crippen molar-refractivity contribution in [1.29, 1.82) is 0 Å². The number of allylic oxidation sites excluding steroid dienone is 1. The van der Waals surface area contributed by atoms with Gasteiger partial charge in [0.15, 0.2) is 0 Å². The van der Waals surface area contributed by atoms with Gasteiger partial charge in [0.2, 0.25) is 5.95 Å². The summed E-state index contributed by atoms with van der Waals surface area (Å²) in [6.45, 7) is 4.28. The second-order valence-electron chi connectivity index (χ2n) is 6.78. The Morgan fingerprint density at radius 3 is 2.25 bits per heavy atom. The largest absolute Gasteiger partial charge is 0.368 e. The molecule has 2 aromatic carbocycles. The highest BCUT2D eigenvalue weighted by Gasteiger charge is 2.24. The van der Waals surface area contributed by atoms with Crippen LogP contribution in [0.4, 0.5) is 5.95 Å². The Kier molecular flexibility index (Phi) is 5.58. The summed E-state index contributed by atoms with van der Waals surface area (Å²) >= 11 is 0. The molecule has 3 aromatic rings. The average molecular weight is 399 g/mol.